The Kier molecular flexibility index (Phi) is 11.5. The molecule has 1 unspecified atom stereocenters. The molecular formula is C36H38O7. The van der Waals surface area contributed by atoms with Gasteiger partial charge in [0.2, 0.25) is 0 Å². The van der Waals surface area contributed by atoms with E-state index in [9.17, 15) is 9.90 Å². The number of rotatable bonds is 15. The van der Waals surface area contributed by atoms with Crippen LogP contribution in [0.25, 0.3) is 0 Å². The van der Waals surface area contributed by atoms with Crippen LogP contribution in [-0.4, -0.2) is 48.2 Å². The van der Waals surface area contributed by atoms with Crippen LogP contribution in [0.3, 0.4) is 0 Å². The Morgan fingerprint density at radius 2 is 0.907 bits per heavy atom. The van der Waals surface area contributed by atoms with Gasteiger partial charge in [-0.3, -0.25) is 4.79 Å². The molecule has 0 aromatic heterocycles. The summed E-state index contributed by atoms with van der Waals surface area (Å²) in [5.41, 5.74) is 3.99. The molecule has 0 spiro atoms. The van der Waals surface area contributed by atoms with Crippen molar-refractivity contribution in [3.63, 3.8) is 0 Å². The molecule has 1 N–H and O–H groups in total. The Labute approximate surface area is 252 Å². The quantitative estimate of drug-likeness (QED) is 0.179. The van der Waals surface area contributed by atoms with Gasteiger partial charge < -0.3 is 28.8 Å². The lowest BCUT2D eigenvalue weighted by Crippen LogP contribution is -2.61. The molecule has 4 aromatic rings. The van der Waals surface area contributed by atoms with Gasteiger partial charge in [-0.25, -0.2) is 0 Å². The Morgan fingerprint density at radius 3 is 1.33 bits per heavy atom. The van der Waals surface area contributed by atoms with Crippen molar-refractivity contribution in [2.24, 2.45) is 0 Å². The van der Waals surface area contributed by atoms with Crippen LogP contribution in [0.5, 0.6) is 0 Å². The van der Waals surface area contributed by atoms with E-state index < -0.39 is 36.5 Å². The van der Waals surface area contributed by atoms with Crippen molar-refractivity contribution in [2.45, 2.75) is 63.4 Å². The van der Waals surface area contributed by atoms with E-state index in [1.807, 2.05) is 121 Å². The maximum atomic E-state index is 12.0. The van der Waals surface area contributed by atoms with Crippen LogP contribution in [-0.2, 0) is 54.9 Å². The summed E-state index contributed by atoms with van der Waals surface area (Å²) in [6, 6.07) is 39.4. The Bertz CT molecular complexity index is 1350. The number of ether oxygens (including phenoxy) is 5. The topological polar surface area (TPSA) is 83.5 Å². The van der Waals surface area contributed by atoms with Crippen molar-refractivity contribution in [3.8, 4) is 0 Å². The maximum Gasteiger partial charge on any atom is 0.306 e. The van der Waals surface area contributed by atoms with E-state index in [4.69, 9.17) is 23.7 Å². The molecule has 1 aliphatic rings. The lowest BCUT2D eigenvalue weighted by atomic mass is 9.92. The molecule has 0 amide bonds. The molecule has 1 fully saturated rings. The van der Waals surface area contributed by atoms with Crippen molar-refractivity contribution in [2.75, 3.05) is 6.61 Å². The molecule has 0 bridgehead atoms. The van der Waals surface area contributed by atoms with E-state index in [0.29, 0.717) is 19.8 Å². The van der Waals surface area contributed by atoms with Gasteiger partial charge in [0, 0.05) is 0 Å². The third kappa shape index (κ3) is 9.32. The number of benzene rings is 4. The molecule has 1 saturated heterocycles. The summed E-state index contributed by atoms with van der Waals surface area (Å²) in [5.74, 6) is -0.979. The van der Waals surface area contributed by atoms with E-state index in [0.717, 1.165) is 22.3 Å². The van der Waals surface area contributed by atoms with Crippen LogP contribution < -0.4 is 0 Å². The number of aliphatic carboxylic acids is 1. The highest BCUT2D eigenvalue weighted by atomic mass is 16.6. The normalized spacial score (nSPS) is 21.8. The molecular weight excluding hydrogens is 544 g/mol. The second kappa shape index (κ2) is 16.1. The van der Waals surface area contributed by atoms with Gasteiger partial charge >= 0.3 is 5.97 Å². The molecule has 7 nitrogen and oxygen atoms in total. The molecule has 5 rings (SSSR count). The van der Waals surface area contributed by atoms with Crippen LogP contribution in [0.15, 0.2) is 121 Å². The molecule has 0 saturated carbocycles. The van der Waals surface area contributed by atoms with E-state index in [1.165, 1.54) is 0 Å². The van der Waals surface area contributed by atoms with Gasteiger partial charge in [0.15, 0.2) is 0 Å². The first-order valence-corrected chi connectivity index (χ1v) is 14.6. The Hall–Kier alpha value is -3.85. The fourth-order valence-corrected chi connectivity index (χ4v) is 5.22. The highest BCUT2D eigenvalue weighted by Crippen LogP contribution is 2.32. The van der Waals surface area contributed by atoms with Gasteiger partial charge in [0.05, 0.1) is 45.6 Å². The van der Waals surface area contributed by atoms with Crippen LogP contribution >= 0.6 is 0 Å². The second-order valence-electron chi connectivity index (χ2n) is 10.6. The van der Waals surface area contributed by atoms with Crippen molar-refractivity contribution in [1.29, 1.82) is 0 Å². The minimum Gasteiger partial charge on any atom is -0.481 e. The van der Waals surface area contributed by atoms with Gasteiger partial charge in [-0.05, 0) is 22.3 Å². The number of carboxylic acid groups (broad SMARTS) is 1. The van der Waals surface area contributed by atoms with Gasteiger partial charge in [-0.15, -0.1) is 0 Å². The lowest BCUT2D eigenvalue weighted by molar-refractivity contribution is -0.273. The first kappa shape index (κ1) is 30.6. The first-order chi connectivity index (χ1) is 21.2. The molecule has 1 heterocycles. The van der Waals surface area contributed by atoms with Crippen molar-refractivity contribution in [1.82, 2.24) is 0 Å². The summed E-state index contributed by atoms with van der Waals surface area (Å²) in [6.07, 6.45) is -3.53. The van der Waals surface area contributed by atoms with Crippen molar-refractivity contribution >= 4 is 5.97 Å². The van der Waals surface area contributed by atoms with Gasteiger partial charge in [-0.1, -0.05) is 121 Å². The average Bonchev–Trinajstić information content (AvgIpc) is 3.04. The summed E-state index contributed by atoms with van der Waals surface area (Å²) in [7, 11) is 0. The molecule has 5 atom stereocenters. The van der Waals surface area contributed by atoms with Crippen molar-refractivity contribution < 1.29 is 33.6 Å². The van der Waals surface area contributed by atoms with Crippen LogP contribution in [0.2, 0.25) is 0 Å². The van der Waals surface area contributed by atoms with Gasteiger partial charge in [0.1, 0.15) is 24.4 Å². The molecule has 1 aliphatic heterocycles. The monoisotopic (exact) mass is 582 g/mol. The number of carboxylic acids is 1. The first-order valence-electron chi connectivity index (χ1n) is 14.6. The number of carbonyl (C=O) groups is 1. The van der Waals surface area contributed by atoms with E-state index in [1.54, 1.807) is 0 Å². The zero-order chi connectivity index (χ0) is 29.7. The van der Waals surface area contributed by atoms with E-state index in [-0.39, 0.29) is 19.6 Å². The van der Waals surface area contributed by atoms with E-state index in [2.05, 4.69) is 0 Å². The highest BCUT2D eigenvalue weighted by molar-refractivity contribution is 5.67. The summed E-state index contributed by atoms with van der Waals surface area (Å²) < 4.78 is 32.2. The molecule has 43 heavy (non-hydrogen) atoms. The third-order valence-electron chi connectivity index (χ3n) is 7.36. The summed E-state index contributed by atoms with van der Waals surface area (Å²) >= 11 is 0. The van der Waals surface area contributed by atoms with Crippen LogP contribution in [0.1, 0.15) is 28.7 Å². The van der Waals surface area contributed by atoms with Crippen molar-refractivity contribution in [3.05, 3.63) is 144 Å². The summed E-state index contributed by atoms with van der Waals surface area (Å²) in [4.78, 5) is 12.0. The Morgan fingerprint density at radius 1 is 0.535 bits per heavy atom. The second-order valence-corrected chi connectivity index (χ2v) is 10.6. The molecule has 224 valence electrons. The summed E-state index contributed by atoms with van der Waals surface area (Å²) in [5, 5.41) is 9.85. The maximum absolute atomic E-state index is 12.0. The third-order valence-corrected chi connectivity index (χ3v) is 7.36. The van der Waals surface area contributed by atoms with Gasteiger partial charge in [0.25, 0.3) is 0 Å². The number of hydrogen-bond donors (Lipinski definition) is 1. The summed E-state index contributed by atoms with van der Waals surface area (Å²) in [6.45, 7) is 1.49. The minimum atomic E-state index is -0.979. The van der Waals surface area contributed by atoms with Crippen LogP contribution in [0, 0.1) is 0 Å². The zero-order valence-electron chi connectivity index (χ0n) is 24.1. The largest absolute Gasteiger partial charge is 0.481 e. The SMILES string of the molecule is O=C(O)CC1O[C@H](COCc2ccccc2)[C@H](OCc2ccccc2)[C@H](OCc2ccccc2)[C@H]1OCc1ccccc1. The predicted octanol–water partition coefficient (Wildman–Crippen LogP) is 6.20. The zero-order valence-corrected chi connectivity index (χ0v) is 24.1. The fourth-order valence-electron chi connectivity index (χ4n) is 5.22. The predicted molar refractivity (Wildman–Crippen MR) is 162 cm³/mol. The average molecular weight is 583 g/mol. The van der Waals surface area contributed by atoms with Crippen LogP contribution in [0.4, 0.5) is 0 Å². The smallest absolute Gasteiger partial charge is 0.306 e. The Balaban J connectivity index is 1.42. The van der Waals surface area contributed by atoms with E-state index >= 15 is 0 Å². The highest BCUT2D eigenvalue weighted by Gasteiger charge is 2.49. The minimum absolute atomic E-state index is 0.196. The van der Waals surface area contributed by atoms with Gasteiger partial charge in [-0.2, -0.15) is 0 Å². The standard InChI is InChI=1S/C36H38O7/c37-33(38)21-31-34(40-23-28-15-7-2-8-16-28)36(42-25-30-19-11-4-12-20-30)35(41-24-29-17-9-3-10-18-29)32(43-31)26-39-22-27-13-5-1-6-14-27/h1-20,31-32,34-36H,21-26H2,(H,37,38)/t31?,32-,34+,35+,36-/m1/s1. The fraction of sp³-hybridized carbons (Fsp3) is 0.306. The molecule has 4 aromatic carbocycles. The number of hydrogen-bond acceptors (Lipinski definition) is 6. The molecule has 0 radical (unpaired) electrons. The lowest BCUT2D eigenvalue weighted by Gasteiger charge is -2.46. The molecule has 7 heteroatoms. The molecule has 0 aliphatic carbocycles.